The minimum atomic E-state index is -1.20. The summed E-state index contributed by atoms with van der Waals surface area (Å²) in [7, 11) is 2.97. The first-order valence-electron chi connectivity index (χ1n) is 10.7. The summed E-state index contributed by atoms with van der Waals surface area (Å²) in [5, 5.41) is 5.48. The third-order valence-electron chi connectivity index (χ3n) is 5.52. The third-order valence-corrected chi connectivity index (χ3v) is 5.52. The second-order valence-electron chi connectivity index (χ2n) is 7.87. The number of likely N-dealkylation sites (N-methyl/N-ethyl adjacent to an activating group) is 1. The van der Waals surface area contributed by atoms with Gasteiger partial charge in [0.05, 0.1) is 13.7 Å². The van der Waals surface area contributed by atoms with Gasteiger partial charge in [0, 0.05) is 18.8 Å². The molecule has 2 aromatic carbocycles. The monoisotopic (exact) mass is 452 g/mol. The molecule has 9 heteroatoms. The van der Waals surface area contributed by atoms with Crippen LogP contribution in [0, 0.1) is 0 Å². The summed E-state index contributed by atoms with van der Waals surface area (Å²) < 4.78 is 5.13. The first kappa shape index (κ1) is 23.8. The molecule has 1 fully saturated rings. The second kappa shape index (κ2) is 10.2. The predicted molar refractivity (Wildman–Crippen MR) is 123 cm³/mol. The van der Waals surface area contributed by atoms with E-state index in [0.29, 0.717) is 29.8 Å². The molecule has 1 aliphatic rings. The lowest BCUT2D eigenvalue weighted by atomic mass is 9.85. The van der Waals surface area contributed by atoms with Gasteiger partial charge in [-0.25, -0.2) is 4.79 Å². The average molecular weight is 453 g/mol. The van der Waals surface area contributed by atoms with Crippen molar-refractivity contribution >= 4 is 29.4 Å². The normalized spacial score (nSPS) is 17.5. The maximum Gasteiger partial charge on any atom is 0.325 e. The number of rotatable bonds is 9. The van der Waals surface area contributed by atoms with Crippen LogP contribution in [0.1, 0.15) is 25.3 Å². The Bertz CT molecular complexity index is 1040. The zero-order valence-corrected chi connectivity index (χ0v) is 19.0. The lowest BCUT2D eigenvalue weighted by Gasteiger charge is -2.27. The SMILES string of the molecule is CCC[C@@]1(c2ccccc2)NC(=O)N(CC(=O)N(C)CC(=O)Nc2cccc(OC)c2)C1=O. The van der Waals surface area contributed by atoms with Crippen molar-refractivity contribution in [2.75, 3.05) is 32.6 Å². The van der Waals surface area contributed by atoms with Crippen molar-refractivity contribution in [1.29, 1.82) is 0 Å². The van der Waals surface area contributed by atoms with Gasteiger partial charge in [0.25, 0.3) is 5.91 Å². The maximum atomic E-state index is 13.3. The van der Waals surface area contributed by atoms with E-state index in [2.05, 4.69) is 10.6 Å². The molecule has 0 saturated carbocycles. The number of benzene rings is 2. The van der Waals surface area contributed by atoms with Crippen LogP contribution < -0.4 is 15.4 Å². The van der Waals surface area contributed by atoms with E-state index in [1.54, 1.807) is 48.5 Å². The number of urea groups is 1. The van der Waals surface area contributed by atoms with Crippen LogP contribution in [-0.4, -0.2) is 60.8 Å². The van der Waals surface area contributed by atoms with E-state index in [4.69, 9.17) is 4.74 Å². The van der Waals surface area contributed by atoms with Crippen molar-refractivity contribution in [3.8, 4) is 5.75 Å². The van der Waals surface area contributed by atoms with Crippen LogP contribution in [-0.2, 0) is 19.9 Å². The van der Waals surface area contributed by atoms with Crippen LogP contribution in [0.25, 0.3) is 0 Å². The molecule has 33 heavy (non-hydrogen) atoms. The summed E-state index contributed by atoms with van der Waals surface area (Å²) in [6, 6.07) is 15.2. The number of hydrogen-bond acceptors (Lipinski definition) is 5. The number of carbonyl (C=O) groups excluding carboxylic acids is 4. The number of anilines is 1. The third kappa shape index (κ3) is 5.14. The molecule has 2 aromatic rings. The highest BCUT2D eigenvalue weighted by molar-refractivity contribution is 6.09. The van der Waals surface area contributed by atoms with Crippen molar-refractivity contribution in [2.45, 2.75) is 25.3 Å². The van der Waals surface area contributed by atoms with Gasteiger partial charge in [0.15, 0.2) is 0 Å². The Morgan fingerprint density at radius 1 is 1.12 bits per heavy atom. The molecule has 1 heterocycles. The molecular formula is C24H28N4O5. The van der Waals surface area contributed by atoms with Crippen LogP contribution in [0.5, 0.6) is 5.75 Å². The number of nitrogens with one attached hydrogen (secondary N) is 2. The van der Waals surface area contributed by atoms with Gasteiger partial charge < -0.3 is 20.3 Å². The van der Waals surface area contributed by atoms with Gasteiger partial charge in [-0.2, -0.15) is 0 Å². The minimum absolute atomic E-state index is 0.238. The molecule has 9 nitrogen and oxygen atoms in total. The van der Waals surface area contributed by atoms with Crippen LogP contribution in [0.3, 0.4) is 0 Å². The topological polar surface area (TPSA) is 108 Å². The molecule has 1 aliphatic heterocycles. The number of ether oxygens (including phenoxy) is 1. The Morgan fingerprint density at radius 2 is 1.85 bits per heavy atom. The maximum absolute atomic E-state index is 13.3. The summed E-state index contributed by atoms with van der Waals surface area (Å²) in [6.45, 7) is 1.23. The lowest BCUT2D eigenvalue weighted by Crippen LogP contribution is -2.46. The van der Waals surface area contributed by atoms with E-state index < -0.39 is 35.8 Å². The van der Waals surface area contributed by atoms with E-state index in [1.807, 2.05) is 13.0 Å². The van der Waals surface area contributed by atoms with Gasteiger partial charge in [-0.15, -0.1) is 0 Å². The molecule has 3 rings (SSSR count). The Balaban J connectivity index is 1.65. The fraction of sp³-hybridized carbons (Fsp3) is 0.333. The summed E-state index contributed by atoms with van der Waals surface area (Å²) in [5.41, 5.74) is 0.00283. The Morgan fingerprint density at radius 3 is 2.52 bits per heavy atom. The predicted octanol–water partition coefficient (Wildman–Crippen LogP) is 2.34. The summed E-state index contributed by atoms with van der Waals surface area (Å²) >= 11 is 0. The van der Waals surface area contributed by atoms with Gasteiger partial charge in [-0.3, -0.25) is 19.3 Å². The fourth-order valence-electron chi connectivity index (χ4n) is 3.84. The van der Waals surface area contributed by atoms with Gasteiger partial charge in [0.1, 0.15) is 17.8 Å². The van der Waals surface area contributed by atoms with Crippen molar-refractivity contribution in [3.63, 3.8) is 0 Å². The van der Waals surface area contributed by atoms with Gasteiger partial charge >= 0.3 is 6.03 Å². The molecule has 0 aromatic heterocycles. The second-order valence-corrected chi connectivity index (χ2v) is 7.87. The molecule has 0 aliphatic carbocycles. The van der Waals surface area contributed by atoms with E-state index in [1.165, 1.54) is 19.1 Å². The Labute approximate surface area is 192 Å². The van der Waals surface area contributed by atoms with Crippen molar-refractivity contribution in [3.05, 3.63) is 60.2 Å². The summed E-state index contributed by atoms with van der Waals surface area (Å²) in [4.78, 5) is 53.1. The Hall–Kier alpha value is -3.88. The number of amides is 5. The van der Waals surface area contributed by atoms with E-state index in [-0.39, 0.29) is 6.54 Å². The molecular weight excluding hydrogens is 424 g/mol. The number of nitrogens with zero attached hydrogens (tertiary/aromatic N) is 2. The fourth-order valence-corrected chi connectivity index (χ4v) is 3.84. The van der Waals surface area contributed by atoms with E-state index in [9.17, 15) is 19.2 Å². The smallest absolute Gasteiger partial charge is 0.325 e. The van der Waals surface area contributed by atoms with Gasteiger partial charge in [-0.1, -0.05) is 49.7 Å². The van der Waals surface area contributed by atoms with Crippen molar-refractivity contribution < 1.29 is 23.9 Å². The number of hydrogen-bond donors (Lipinski definition) is 2. The van der Waals surface area contributed by atoms with E-state index in [0.717, 1.165) is 4.90 Å². The highest BCUT2D eigenvalue weighted by Crippen LogP contribution is 2.33. The summed E-state index contributed by atoms with van der Waals surface area (Å²) in [5.74, 6) is -0.825. The summed E-state index contributed by atoms with van der Waals surface area (Å²) in [6.07, 6.45) is 1.07. The molecule has 0 radical (unpaired) electrons. The highest BCUT2D eigenvalue weighted by Gasteiger charge is 2.52. The average Bonchev–Trinajstić information content (AvgIpc) is 3.04. The molecule has 1 saturated heterocycles. The van der Waals surface area contributed by atoms with Crippen LogP contribution in [0.15, 0.2) is 54.6 Å². The standard InChI is InChI=1S/C24H28N4O5/c1-4-13-24(17-9-6-5-7-10-17)22(31)28(23(32)26-24)16-21(30)27(2)15-20(29)25-18-11-8-12-19(14-18)33-3/h5-12,14H,4,13,15-16H2,1-3H3,(H,25,29)(H,26,32)/t24-/m0/s1. The van der Waals surface area contributed by atoms with Crippen LogP contribution >= 0.6 is 0 Å². The molecule has 0 unspecified atom stereocenters. The number of methoxy groups -OCH3 is 1. The molecule has 2 N–H and O–H groups in total. The zero-order chi connectivity index (χ0) is 24.0. The first-order valence-corrected chi connectivity index (χ1v) is 10.7. The largest absolute Gasteiger partial charge is 0.497 e. The molecule has 5 amide bonds. The molecule has 0 bridgehead atoms. The van der Waals surface area contributed by atoms with Gasteiger partial charge in [0.2, 0.25) is 11.8 Å². The van der Waals surface area contributed by atoms with Crippen molar-refractivity contribution in [1.82, 2.24) is 15.1 Å². The molecule has 1 atom stereocenters. The first-order chi connectivity index (χ1) is 15.8. The van der Waals surface area contributed by atoms with Crippen molar-refractivity contribution in [2.24, 2.45) is 0 Å². The van der Waals surface area contributed by atoms with Crippen LogP contribution in [0.2, 0.25) is 0 Å². The quantitative estimate of drug-likeness (QED) is 0.568. The highest BCUT2D eigenvalue weighted by atomic mass is 16.5. The zero-order valence-electron chi connectivity index (χ0n) is 19.0. The lowest BCUT2D eigenvalue weighted by molar-refractivity contribution is -0.139. The Kier molecular flexibility index (Phi) is 7.32. The number of carbonyl (C=O) groups is 4. The molecule has 0 spiro atoms. The van der Waals surface area contributed by atoms with E-state index >= 15 is 0 Å². The van der Waals surface area contributed by atoms with Gasteiger partial charge in [-0.05, 0) is 24.1 Å². The van der Waals surface area contributed by atoms with Crippen LogP contribution in [0.4, 0.5) is 10.5 Å². The number of imide groups is 1. The minimum Gasteiger partial charge on any atom is -0.497 e. The molecule has 174 valence electrons.